The lowest BCUT2D eigenvalue weighted by Crippen LogP contribution is -2.44. The van der Waals surface area contributed by atoms with Gasteiger partial charge in [0.05, 0.1) is 0 Å². The molecule has 0 radical (unpaired) electrons. The first-order chi connectivity index (χ1) is 7.04. The second kappa shape index (κ2) is 4.88. The Morgan fingerprint density at radius 2 is 2.00 bits per heavy atom. The van der Waals surface area contributed by atoms with E-state index in [9.17, 15) is 14.4 Å². The molecule has 0 spiro atoms. The maximum Gasteiger partial charge on any atom is 0.235 e. The van der Waals surface area contributed by atoms with Crippen LogP contribution in [-0.2, 0) is 14.4 Å². The number of amides is 3. The summed E-state index contributed by atoms with van der Waals surface area (Å²) in [6.45, 7) is 1.98. The third-order valence-corrected chi connectivity index (χ3v) is 2.37. The Balaban J connectivity index is 2.50. The average Bonchev–Trinajstić information content (AvgIpc) is 2.15. The zero-order valence-electron chi connectivity index (χ0n) is 8.66. The number of hydrogen-bond acceptors (Lipinski definition) is 4. The van der Waals surface area contributed by atoms with Gasteiger partial charge >= 0.3 is 0 Å². The van der Waals surface area contributed by atoms with Gasteiger partial charge in [0.15, 0.2) is 0 Å². The van der Waals surface area contributed by atoms with Crippen LogP contribution in [0.2, 0.25) is 0 Å². The van der Waals surface area contributed by atoms with E-state index >= 15 is 0 Å². The van der Waals surface area contributed by atoms with E-state index in [-0.39, 0.29) is 36.6 Å². The van der Waals surface area contributed by atoms with E-state index < -0.39 is 0 Å². The quantitative estimate of drug-likeness (QED) is 0.276. The lowest BCUT2D eigenvalue weighted by Gasteiger charge is -2.27. The van der Waals surface area contributed by atoms with Crippen molar-refractivity contribution in [3.05, 3.63) is 0 Å². The summed E-state index contributed by atoms with van der Waals surface area (Å²) in [5.74, 6) is 4.20. The Labute approximate surface area is 87.8 Å². The molecule has 1 aliphatic rings. The van der Waals surface area contributed by atoms with Crippen molar-refractivity contribution in [3.63, 3.8) is 0 Å². The van der Waals surface area contributed by atoms with Gasteiger partial charge in [-0.15, -0.1) is 0 Å². The van der Waals surface area contributed by atoms with Gasteiger partial charge in [-0.1, -0.05) is 6.92 Å². The SMILES string of the molecule is CC1CC(=O)N(CCC(=O)NN)C(=O)C1. The number of imide groups is 1. The van der Waals surface area contributed by atoms with E-state index in [2.05, 4.69) is 0 Å². The normalized spacial score (nSPS) is 18.1. The van der Waals surface area contributed by atoms with Crippen molar-refractivity contribution in [2.24, 2.45) is 11.8 Å². The Morgan fingerprint density at radius 3 is 2.47 bits per heavy atom. The van der Waals surface area contributed by atoms with Crippen LogP contribution >= 0.6 is 0 Å². The molecule has 15 heavy (non-hydrogen) atoms. The number of rotatable bonds is 3. The topological polar surface area (TPSA) is 92.5 Å². The van der Waals surface area contributed by atoms with Crippen LogP contribution in [0.5, 0.6) is 0 Å². The first-order valence-corrected chi connectivity index (χ1v) is 4.87. The van der Waals surface area contributed by atoms with Gasteiger partial charge in [-0.3, -0.25) is 24.7 Å². The number of carbonyl (C=O) groups is 3. The fourth-order valence-corrected chi connectivity index (χ4v) is 1.56. The second-order valence-corrected chi connectivity index (χ2v) is 3.77. The standard InChI is InChI=1S/C9H15N3O3/c1-6-4-8(14)12(9(15)5-6)3-2-7(13)11-10/h6H,2-5,10H2,1H3,(H,11,13). The van der Waals surface area contributed by atoms with E-state index in [1.54, 1.807) is 0 Å². The highest BCUT2D eigenvalue weighted by atomic mass is 16.2. The van der Waals surface area contributed by atoms with E-state index in [1.807, 2.05) is 12.3 Å². The molecule has 0 atom stereocenters. The summed E-state index contributed by atoms with van der Waals surface area (Å²) in [4.78, 5) is 34.9. The molecular weight excluding hydrogens is 198 g/mol. The number of nitrogens with one attached hydrogen (secondary N) is 1. The van der Waals surface area contributed by atoms with Crippen molar-refractivity contribution >= 4 is 17.7 Å². The van der Waals surface area contributed by atoms with E-state index in [0.29, 0.717) is 12.8 Å². The summed E-state index contributed by atoms with van der Waals surface area (Å²) in [5, 5.41) is 0. The first-order valence-electron chi connectivity index (χ1n) is 4.87. The zero-order valence-corrected chi connectivity index (χ0v) is 8.66. The van der Waals surface area contributed by atoms with Crippen molar-refractivity contribution in [2.45, 2.75) is 26.2 Å². The molecule has 6 nitrogen and oxygen atoms in total. The van der Waals surface area contributed by atoms with Gasteiger partial charge in [0.1, 0.15) is 0 Å². The largest absolute Gasteiger partial charge is 0.294 e. The van der Waals surface area contributed by atoms with Gasteiger partial charge < -0.3 is 0 Å². The molecule has 0 aromatic carbocycles. The molecule has 1 fully saturated rings. The predicted molar refractivity (Wildman–Crippen MR) is 52.1 cm³/mol. The third-order valence-electron chi connectivity index (χ3n) is 2.37. The van der Waals surface area contributed by atoms with Crippen molar-refractivity contribution in [2.75, 3.05) is 6.54 Å². The van der Waals surface area contributed by atoms with Crippen LogP contribution in [0.15, 0.2) is 0 Å². The third kappa shape index (κ3) is 3.02. The average molecular weight is 213 g/mol. The fourth-order valence-electron chi connectivity index (χ4n) is 1.56. The summed E-state index contributed by atoms with van der Waals surface area (Å²) in [6, 6.07) is 0. The van der Waals surface area contributed by atoms with Crippen LogP contribution in [0.25, 0.3) is 0 Å². The molecule has 3 amide bonds. The molecule has 84 valence electrons. The number of likely N-dealkylation sites (tertiary alicyclic amines) is 1. The van der Waals surface area contributed by atoms with E-state index in [4.69, 9.17) is 5.84 Å². The second-order valence-electron chi connectivity index (χ2n) is 3.77. The van der Waals surface area contributed by atoms with Gasteiger partial charge in [0.2, 0.25) is 17.7 Å². The maximum absolute atomic E-state index is 11.5. The highest BCUT2D eigenvalue weighted by molar-refractivity contribution is 5.98. The summed E-state index contributed by atoms with van der Waals surface area (Å²) in [6.07, 6.45) is 0.800. The van der Waals surface area contributed by atoms with Gasteiger partial charge in [-0.25, -0.2) is 5.84 Å². The Kier molecular flexibility index (Phi) is 3.79. The van der Waals surface area contributed by atoms with E-state index in [1.165, 1.54) is 0 Å². The zero-order chi connectivity index (χ0) is 11.4. The minimum atomic E-state index is -0.380. The predicted octanol–water partition coefficient (Wildman–Crippen LogP) is -0.848. The van der Waals surface area contributed by atoms with Gasteiger partial charge in [0.25, 0.3) is 0 Å². The first kappa shape index (κ1) is 11.6. The van der Waals surface area contributed by atoms with Crippen LogP contribution in [0.1, 0.15) is 26.2 Å². The molecule has 1 aliphatic heterocycles. The summed E-state index contributed by atoms with van der Waals surface area (Å²) in [5.41, 5.74) is 1.95. The van der Waals surface area contributed by atoms with Crippen molar-refractivity contribution < 1.29 is 14.4 Å². The molecule has 0 aromatic rings. The van der Waals surface area contributed by atoms with Crippen molar-refractivity contribution in [1.29, 1.82) is 0 Å². The number of piperidine rings is 1. The summed E-state index contributed by atoms with van der Waals surface area (Å²) >= 11 is 0. The molecule has 3 N–H and O–H groups in total. The highest BCUT2D eigenvalue weighted by Crippen LogP contribution is 2.18. The monoisotopic (exact) mass is 213 g/mol. The molecule has 0 aliphatic carbocycles. The smallest absolute Gasteiger partial charge is 0.235 e. The molecule has 0 saturated carbocycles. The Hall–Kier alpha value is -1.43. The summed E-state index contributed by atoms with van der Waals surface area (Å²) in [7, 11) is 0. The Bertz CT molecular complexity index is 272. The molecule has 1 heterocycles. The van der Waals surface area contributed by atoms with Crippen LogP contribution in [-0.4, -0.2) is 29.2 Å². The number of hydrogen-bond donors (Lipinski definition) is 2. The van der Waals surface area contributed by atoms with Crippen molar-refractivity contribution in [1.82, 2.24) is 10.3 Å². The van der Waals surface area contributed by atoms with Gasteiger partial charge in [-0.05, 0) is 5.92 Å². The minimum absolute atomic E-state index is 0.0579. The van der Waals surface area contributed by atoms with Crippen molar-refractivity contribution in [3.8, 4) is 0 Å². The number of nitrogens with zero attached hydrogens (tertiary/aromatic N) is 1. The minimum Gasteiger partial charge on any atom is -0.294 e. The van der Waals surface area contributed by atoms with Crippen LogP contribution < -0.4 is 11.3 Å². The molecule has 1 rings (SSSR count). The fraction of sp³-hybridized carbons (Fsp3) is 0.667. The Morgan fingerprint density at radius 1 is 1.47 bits per heavy atom. The lowest BCUT2D eigenvalue weighted by molar-refractivity contribution is -0.149. The summed E-state index contributed by atoms with van der Waals surface area (Å²) < 4.78 is 0. The maximum atomic E-state index is 11.5. The number of hydrazine groups is 1. The molecule has 0 bridgehead atoms. The van der Waals surface area contributed by atoms with Crippen LogP contribution in [0, 0.1) is 5.92 Å². The molecule has 0 aromatic heterocycles. The number of nitrogens with two attached hydrogens (primary N) is 1. The van der Waals surface area contributed by atoms with Gasteiger partial charge in [-0.2, -0.15) is 0 Å². The highest BCUT2D eigenvalue weighted by Gasteiger charge is 2.30. The lowest BCUT2D eigenvalue weighted by atomic mass is 9.98. The van der Waals surface area contributed by atoms with E-state index in [0.717, 1.165) is 4.90 Å². The molecule has 6 heteroatoms. The van der Waals surface area contributed by atoms with Crippen LogP contribution in [0.4, 0.5) is 0 Å². The number of carbonyl (C=O) groups excluding carboxylic acids is 3. The van der Waals surface area contributed by atoms with Gasteiger partial charge in [0, 0.05) is 25.8 Å². The molecule has 1 saturated heterocycles. The van der Waals surface area contributed by atoms with Crippen LogP contribution in [0.3, 0.4) is 0 Å². The molecule has 0 unspecified atom stereocenters. The molecular formula is C9H15N3O3.